The minimum absolute atomic E-state index is 0.0658. The molecule has 0 aromatic heterocycles. The van der Waals surface area contributed by atoms with Crippen molar-refractivity contribution in [3.63, 3.8) is 0 Å². The lowest BCUT2D eigenvalue weighted by molar-refractivity contribution is -0.132. The molecule has 1 aliphatic rings. The van der Waals surface area contributed by atoms with Crippen LogP contribution in [-0.2, 0) is 21.1 Å². The van der Waals surface area contributed by atoms with E-state index in [1.165, 1.54) is 6.26 Å². The monoisotopic (exact) mass is 568 g/mol. The van der Waals surface area contributed by atoms with E-state index in [0.717, 1.165) is 31.2 Å². The molecule has 37 heavy (non-hydrogen) atoms. The van der Waals surface area contributed by atoms with Gasteiger partial charge in [-0.25, -0.2) is 8.42 Å². The van der Waals surface area contributed by atoms with Gasteiger partial charge in [0.1, 0.15) is 9.84 Å². The predicted octanol–water partition coefficient (Wildman–Crippen LogP) is 5.04. The molecular weight excluding hydrogens is 535 g/mol. The average molecular weight is 570 g/mol. The molecule has 2 aromatic rings. The number of unbranched alkanes of at least 4 members (excludes halogenated alkanes) is 1. The predicted molar refractivity (Wildman–Crippen MR) is 148 cm³/mol. The minimum Gasteiger partial charge on any atom is -0.394 e. The Morgan fingerprint density at radius 3 is 2.22 bits per heavy atom. The highest BCUT2D eigenvalue weighted by molar-refractivity contribution is 7.90. The Bertz CT molecular complexity index is 1180. The minimum atomic E-state index is -3.01. The summed E-state index contributed by atoms with van der Waals surface area (Å²) in [6, 6.07) is 11.6. The van der Waals surface area contributed by atoms with Crippen molar-refractivity contribution in [3.05, 3.63) is 63.6 Å². The maximum absolute atomic E-state index is 13.3. The number of hydrogen-bond donors (Lipinski definition) is 3. The zero-order chi connectivity index (χ0) is 27.1. The molecule has 2 aromatic carbocycles. The fraction of sp³-hybridized carbons (Fsp3) is 0.481. The molecule has 3 N–H and O–H groups in total. The van der Waals surface area contributed by atoms with Gasteiger partial charge in [-0.05, 0) is 61.9 Å². The maximum Gasteiger partial charge on any atom is 0.258 e. The lowest BCUT2D eigenvalue weighted by atomic mass is 9.80. The van der Waals surface area contributed by atoms with Crippen LogP contribution in [0.1, 0.15) is 60.9 Å². The average Bonchev–Trinajstić information content (AvgIpc) is 3.32. The van der Waals surface area contributed by atoms with Crippen LogP contribution in [0, 0.1) is 5.41 Å². The highest BCUT2D eigenvalue weighted by Gasteiger charge is 2.41. The molecular formula is C27H34Cl2N2O5S. The van der Waals surface area contributed by atoms with Crippen molar-refractivity contribution in [1.82, 2.24) is 5.32 Å². The molecule has 1 aliphatic carbocycles. The highest BCUT2D eigenvalue weighted by Crippen LogP contribution is 2.42. The fourth-order valence-electron chi connectivity index (χ4n) is 4.89. The van der Waals surface area contributed by atoms with Crippen molar-refractivity contribution in [3.8, 4) is 0 Å². The van der Waals surface area contributed by atoms with E-state index in [1.807, 2.05) is 12.1 Å². The van der Waals surface area contributed by atoms with Gasteiger partial charge in [-0.3, -0.25) is 9.59 Å². The highest BCUT2D eigenvalue weighted by atomic mass is 35.5. The topological polar surface area (TPSA) is 113 Å². The summed E-state index contributed by atoms with van der Waals surface area (Å²) < 4.78 is 22.9. The molecule has 0 saturated heterocycles. The van der Waals surface area contributed by atoms with Gasteiger partial charge in [-0.15, -0.1) is 0 Å². The number of carbonyl (C=O) groups excluding carboxylic acids is 2. The molecule has 0 heterocycles. The van der Waals surface area contributed by atoms with Gasteiger partial charge in [0.25, 0.3) is 5.91 Å². The van der Waals surface area contributed by atoms with Crippen LogP contribution in [-0.4, -0.2) is 50.0 Å². The van der Waals surface area contributed by atoms with Crippen LogP contribution in [0.2, 0.25) is 10.0 Å². The van der Waals surface area contributed by atoms with Crippen molar-refractivity contribution in [2.75, 3.05) is 23.9 Å². The fourth-order valence-corrected chi connectivity index (χ4v) is 6.18. The summed E-state index contributed by atoms with van der Waals surface area (Å²) in [4.78, 5) is 25.9. The third kappa shape index (κ3) is 8.43. The number of hydrogen-bond acceptors (Lipinski definition) is 5. The zero-order valence-electron chi connectivity index (χ0n) is 20.9. The van der Waals surface area contributed by atoms with E-state index in [-0.39, 0.29) is 33.9 Å². The number of carbonyl (C=O) groups is 2. The van der Waals surface area contributed by atoms with Crippen LogP contribution in [0.15, 0.2) is 42.5 Å². The number of anilines is 1. The summed E-state index contributed by atoms with van der Waals surface area (Å²) >= 11 is 12.2. The Labute approximate surface area is 228 Å². The second-order valence-electron chi connectivity index (χ2n) is 9.88. The second kappa shape index (κ2) is 13.1. The number of nitrogens with one attached hydrogen (secondary N) is 2. The Balaban J connectivity index is 1.58. The van der Waals surface area contributed by atoms with Crippen LogP contribution in [0.3, 0.4) is 0 Å². The summed E-state index contributed by atoms with van der Waals surface area (Å²) in [5, 5.41) is 16.3. The van der Waals surface area contributed by atoms with Gasteiger partial charge < -0.3 is 15.7 Å². The van der Waals surface area contributed by atoms with Crippen LogP contribution in [0.4, 0.5) is 5.69 Å². The first-order valence-corrected chi connectivity index (χ1v) is 15.3. The molecule has 3 rings (SSSR count). The number of benzene rings is 2. The largest absolute Gasteiger partial charge is 0.394 e. The first-order chi connectivity index (χ1) is 17.5. The summed E-state index contributed by atoms with van der Waals surface area (Å²) in [6.07, 6.45) is 7.02. The normalized spacial score (nSPS) is 15.8. The van der Waals surface area contributed by atoms with Gasteiger partial charge in [0.05, 0.1) is 28.3 Å². The second-order valence-corrected chi connectivity index (χ2v) is 13.0. The number of aliphatic hydroxyl groups excluding tert-OH is 1. The van der Waals surface area contributed by atoms with E-state index in [0.29, 0.717) is 31.4 Å². The van der Waals surface area contributed by atoms with Gasteiger partial charge in [0.2, 0.25) is 5.91 Å². The van der Waals surface area contributed by atoms with Crippen LogP contribution < -0.4 is 10.6 Å². The number of amides is 2. The van der Waals surface area contributed by atoms with Crippen LogP contribution in [0.5, 0.6) is 0 Å². The summed E-state index contributed by atoms with van der Waals surface area (Å²) in [5.74, 6) is -0.350. The standard InChI is InChI=1S/C27H34Cl2N2O5S/c1-37(35,36)16-5-4-15-27(13-2-3-14-27)26(34)31-21(18-32)17-19-9-11-20(12-10-19)30-25(33)24-22(28)7-6-8-23(24)29/h6-12,21,32H,2-5,13-18H2,1H3,(H,30,33)(H,31,34). The number of halogens is 2. The van der Waals surface area contributed by atoms with Gasteiger partial charge in [0, 0.05) is 23.1 Å². The van der Waals surface area contributed by atoms with Crippen LogP contribution in [0.25, 0.3) is 0 Å². The van der Waals surface area contributed by atoms with Gasteiger partial charge in [-0.1, -0.05) is 60.7 Å². The zero-order valence-corrected chi connectivity index (χ0v) is 23.3. The van der Waals surface area contributed by atoms with Gasteiger partial charge in [-0.2, -0.15) is 0 Å². The summed E-state index contributed by atoms with van der Waals surface area (Å²) in [7, 11) is -3.01. The first-order valence-electron chi connectivity index (χ1n) is 12.5. The molecule has 0 aliphatic heterocycles. The molecule has 202 valence electrons. The number of rotatable bonds is 12. The van der Waals surface area contributed by atoms with E-state index in [4.69, 9.17) is 23.2 Å². The molecule has 1 unspecified atom stereocenters. The Kier molecular flexibility index (Phi) is 10.4. The van der Waals surface area contributed by atoms with Crippen LogP contribution >= 0.6 is 23.2 Å². The van der Waals surface area contributed by atoms with E-state index >= 15 is 0 Å². The lowest BCUT2D eigenvalue weighted by Crippen LogP contribution is -2.46. The maximum atomic E-state index is 13.3. The number of sulfone groups is 1. The molecule has 2 amide bonds. The number of aliphatic hydroxyl groups is 1. The van der Waals surface area contributed by atoms with E-state index < -0.39 is 27.2 Å². The van der Waals surface area contributed by atoms with Crippen molar-refractivity contribution in [1.29, 1.82) is 0 Å². The molecule has 1 atom stereocenters. The molecule has 0 radical (unpaired) electrons. The third-order valence-corrected chi connectivity index (χ3v) is 8.56. The summed E-state index contributed by atoms with van der Waals surface area (Å²) in [6.45, 7) is -0.209. The van der Waals surface area contributed by atoms with Crippen molar-refractivity contribution in [2.24, 2.45) is 5.41 Å². The van der Waals surface area contributed by atoms with Gasteiger partial charge >= 0.3 is 0 Å². The van der Waals surface area contributed by atoms with E-state index in [1.54, 1.807) is 30.3 Å². The smallest absolute Gasteiger partial charge is 0.258 e. The third-order valence-electron chi connectivity index (χ3n) is 6.90. The SMILES string of the molecule is CS(=O)(=O)CCCCC1(C(=O)NC(CO)Cc2ccc(NC(=O)c3c(Cl)cccc3Cl)cc2)CCCC1. The Morgan fingerprint density at radius 1 is 1.03 bits per heavy atom. The molecule has 7 nitrogen and oxygen atoms in total. The van der Waals surface area contributed by atoms with E-state index in [9.17, 15) is 23.1 Å². The Hall–Kier alpha value is -2.13. The van der Waals surface area contributed by atoms with Gasteiger partial charge in [0.15, 0.2) is 0 Å². The molecule has 10 heteroatoms. The van der Waals surface area contributed by atoms with Crippen molar-refractivity contribution in [2.45, 2.75) is 57.4 Å². The lowest BCUT2D eigenvalue weighted by Gasteiger charge is -2.30. The molecule has 1 saturated carbocycles. The Morgan fingerprint density at radius 2 is 1.65 bits per heavy atom. The quantitative estimate of drug-likeness (QED) is 0.310. The molecule has 0 spiro atoms. The summed E-state index contributed by atoms with van der Waals surface area (Å²) in [5.41, 5.74) is 1.16. The van der Waals surface area contributed by atoms with E-state index in [2.05, 4.69) is 10.6 Å². The first kappa shape index (κ1) is 29.4. The molecule has 0 bridgehead atoms. The van der Waals surface area contributed by atoms with Crippen molar-refractivity contribution < 1.29 is 23.1 Å². The molecule has 1 fully saturated rings. The van der Waals surface area contributed by atoms with Crippen molar-refractivity contribution >= 4 is 50.5 Å².